The minimum atomic E-state index is -0.452. The van der Waals surface area contributed by atoms with Crippen LogP contribution in [-0.2, 0) is 24.2 Å². The number of hydrogen-bond acceptors (Lipinski definition) is 2. The number of carbonyl (C=O) groups is 1. The van der Waals surface area contributed by atoms with E-state index in [1.54, 1.807) is 0 Å². The summed E-state index contributed by atoms with van der Waals surface area (Å²) in [5, 5.41) is 2.99. The fourth-order valence-electron chi connectivity index (χ4n) is 3.28. The number of carbonyl (C=O) groups excluding carboxylic acids is 1. The molecule has 0 aromatic heterocycles. The fraction of sp³-hybridized carbons (Fsp3) is 0.409. The van der Waals surface area contributed by atoms with Crippen LogP contribution in [0.2, 0.25) is 0 Å². The van der Waals surface area contributed by atoms with Gasteiger partial charge in [-0.25, -0.2) is 0 Å². The first kappa shape index (κ1) is 17.5. The summed E-state index contributed by atoms with van der Waals surface area (Å²) in [6.45, 7) is 4.57. The van der Waals surface area contributed by atoms with Crippen molar-refractivity contribution in [3.05, 3.63) is 64.7 Å². The normalized spacial score (nSPS) is 14.5. The van der Waals surface area contributed by atoms with Gasteiger partial charge >= 0.3 is 0 Å². The average molecular weight is 337 g/mol. The Balaban J connectivity index is 1.59. The molecule has 2 aromatic carbocycles. The average Bonchev–Trinajstić information content (AvgIpc) is 2.65. The maximum Gasteiger partial charge on any atom is 0.261 e. The van der Waals surface area contributed by atoms with Crippen molar-refractivity contribution in [2.24, 2.45) is 0 Å². The Labute approximate surface area is 150 Å². The monoisotopic (exact) mass is 337 g/mol. The molecule has 3 rings (SSSR count). The smallest absolute Gasteiger partial charge is 0.261 e. The number of amides is 1. The van der Waals surface area contributed by atoms with Crippen LogP contribution >= 0.6 is 0 Å². The second-order valence-electron chi connectivity index (χ2n) is 6.86. The molecule has 25 heavy (non-hydrogen) atoms. The maximum absolute atomic E-state index is 12.5. The molecule has 2 aromatic rings. The van der Waals surface area contributed by atoms with Crippen molar-refractivity contribution in [1.82, 2.24) is 5.32 Å². The summed E-state index contributed by atoms with van der Waals surface area (Å²) in [5.74, 6) is 0.749. The molecule has 1 aliphatic carbocycles. The van der Waals surface area contributed by atoms with Gasteiger partial charge in [-0.2, -0.15) is 0 Å². The fourth-order valence-corrected chi connectivity index (χ4v) is 3.28. The van der Waals surface area contributed by atoms with Crippen LogP contribution < -0.4 is 10.1 Å². The van der Waals surface area contributed by atoms with Gasteiger partial charge in [-0.3, -0.25) is 4.79 Å². The summed E-state index contributed by atoms with van der Waals surface area (Å²) in [7, 11) is 0. The zero-order valence-electron chi connectivity index (χ0n) is 15.2. The summed E-state index contributed by atoms with van der Waals surface area (Å²) in [6, 6.07) is 14.5. The van der Waals surface area contributed by atoms with E-state index >= 15 is 0 Å². The summed E-state index contributed by atoms with van der Waals surface area (Å²) < 4.78 is 5.99. The number of benzene rings is 2. The van der Waals surface area contributed by atoms with Crippen LogP contribution in [0.25, 0.3) is 0 Å². The molecule has 0 bridgehead atoms. The van der Waals surface area contributed by atoms with E-state index in [2.05, 4.69) is 36.5 Å². The van der Waals surface area contributed by atoms with E-state index in [-0.39, 0.29) is 5.91 Å². The topological polar surface area (TPSA) is 38.3 Å². The van der Waals surface area contributed by atoms with E-state index in [1.165, 1.54) is 29.5 Å². The minimum Gasteiger partial charge on any atom is -0.481 e. The van der Waals surface area contributed by atoms with E-state index < -0.39 is 6.10 Å². The van der Waals surface area contributed by atoms with Crippen LogP contribution in [0.5, 0.6) is 5.75 Å². The predicted octanol–water partition coefficient (Wildman–Crippen LogP) is 4.35. The van der Waals surface area contributed by atoms with Gasteiger partial charge < -0.3 is 10.1 Å². The molecule has 0 spiro atoms. The van der Waals surface area contributed by atoms with Crippen molar-refractivity contribution in [3.63, 3.8) is 0 Å². The van der Waals surface area contributed by atoms with Crippen molar-refractivity contribution in [2.75, 3.05) is 0 Å². The van der Waals surface area contributed by atoms with Gasteiger partial charge in [0.1, 0.15) is 5.75 Å². The molecule has 1 amide bonds. The van der Waals surface area contributed by atoms with Crippen molar-refractivity contribution < 1.29 is 9.53 Å². The molecular weight excluding hydrogens is 310 g/mol. The third-order valence-corrected chi connectivity index (χ3v) is 4.85. The number of rotatable bonds is 6. The van der Waals surface area contributed by atoms with Crippen LogP contribution in [-0.4, -0.2) is 12.0 Å². The van der Waals surface area contributed by atoms with Gasteiger partial charge in [-0.05, 0) is 67.9 Å². The summed E-state index contributed by atoms with van der Waals surface area (Å²) in [5.41, 5.74) is 5.12. The highest BCUT2D eigenvalue weighted by molar-refractivity contribution is 5.81. The van der Waals surface area contributed by atoms with Crippen molar-refractivity contribution in [1.29, 1.82) is 0 Å². The standard InChI is InChI=1S/C22H27NO2/c1-3-21(22(24)23-15-17-10-8-16(2)9-11-17)25-20-13-12-18-6-4-5-7-19(18)14-20/h8-14,21H,3-7,15H2,1-2H3,(H,23,24). The first-order chi connectivity index (χ1) is 12.2. The molecule has 0 fully saturated rings. The molecule has 1 N–H and O–H groups in total. The van der Waals surface area contributed by atoms with Crippen LogP contribution in [0, 0.1) is 6.92 Å². The van der Waals surface area contributed by atoms with Crippen LogP contribution in [0.1, 0.15) is 48.4 Å². The minimum absolute atomic E-state index is 0.0548. The summed E-state index contributed by atoms with van der Waals surface area (Å²) in [6.07, 6.45) is 4.98. The van der Waals surface area contributed by atoms with Gasteiger partial charge in [0.2, 0.25) is 0 Å². The maximum atomic E-state index is 12.5. The molecule has 0 saturated carbocycles. The van der Waals surface area contributed by atoms with Crippen molar-refractivity contribution in [2.45, 2.75) is 58.6 Å². The Morgan fingerprint density at radius 1 is 1.08 bits per heavy atom. The van der Waals surface area contributed by atoms with Crippen LogP contribution in [0.4, 0.5) is 0 Å². The van der Waals surface area contributed by atoms with E-state index in [1.807, 2.05) is 25.1 Å². The second kappa shape index (κ2) is 8.19. The summed E-state index contributed by atoms with van der Waals surface area (Å²) in [4.78, 5) is 12.5. The number of nitrogens with one attached hydrogen (secondary N) is 1. The lowest BCUT2D eigenvalue weighted by Gasteiger charge is -2.20. The number of fused-ring (bicyclic) bond motifs is 1. The lowest BCUT2D eigenvalue weighted by molar-refractivity contribution is -0.128. The van der Waals surface area contributed by atoms with Crippen molar-refractivity contribution >= 4 is 5.91 Å². The highest BCUT2D eigenvalue weighted by Gasteiger charge is 2.19. The lowest BCUT2D eigenvalue weighted by Crippen LogP contribution is -2.37. The predicted molar refractivity (Wildman–Crippen MR) is 101 cm³/mol. The molecule has 3 heteroatoms. The zero-order valence-corrected chi connectivity index (χ0v) is 15.2. The van der Waals surface area contributed by atoms with Gasteiger partial charge in [0.05, 0.1) is 0 Å². The summed E-state index contributed by atoms with van der Waals surface area (Å²) >= 11 is 0. The molecule has 132 valence electrons. The van der Waals surface area contributed by atoms with Gasteiger partial charge in [0.25, 0.3) is 5.91 Å². The first-order valence-electron chi connectivity index (χ1n) is 9.27. The number of ether oxygens (including phenoxy) is 1. The molecule has 0 radical (unpaired) electrons. The van der Waals surface area contributed by atoms with Crippen LogP contribution in [0.3, 0.4) is 0 Å². The largest absolute Gasteiger partial charge is 0.481 e. The Kier molecular flexibility index (Phi) is 5.75. The van der Waals surface area contributed by atoms with Gasteiger partial charge in [0.15, 0.2) is 6.10 Å². The first-order valence-corrected chi connectivity index (χ1v) is 9.27. The van der Waals surface area contributed by atoms with E-state index in [0.29, 0.717) is 13.0 Å². The molecule has 0 aliphatic heterocycles. The molecule has 0 heterocycles. The third kappa shape index (κ3) is 4.62. The zero-order chi connectivity index (χ0) is 17.6. The molecule has 0 saturated heterocycles. The highest BCUT2D eigenvalue weighted by atomic mass is 16.5. The molecular formula is C22H27NO2. The Morgan fingerprint density at radius 3 is 2.52 bits per heavy atom. The SMILES string of the molecule is CCC(Oc1ccc2c(c1)CCCC2)C(=O)NCc1ccc(C)cc1. The molecule has 1 unspecified atom stereocenters. The lowest BCUT2D eigenvalue weighted by atomic mass is 9.92. The van der Waals surface area contributed by atoms with E-state index in [0.717, 1.165) is 24.2 Å². The highest BCUT2D eigenvalue weighted by Crippen LogP contribution is 2.26. The number of aryl methyl sites for hydroxylation is 3. The van der Waals surface area contributed by atoms with E-state index in [4.69, 9.17) is 4.74 Å². The van der Waals surface area contributed by atoms with E-state index in [9.17, 15) is 4.79 Å². The van der Waals surface area contributed by atoms with Gasteiger partial charge in [-0.1, -0.05) is 42.8 Å². The van der Waals surface area contributed by atoms with Gasteiger partial charge in [-0.15, -0.1) is 0 Å². The third-order valence-electron chi connectivity index (χ3n) is 4.85. The molecule has 1 atom stereocenters. The Hall–Kier alpha value is -2.29. The van der Waals surface area contributed by atoms with Gasteiger partial charge in [0, 0.05) is 6.54 Å². The Morgan fingerprint density at radius 2 is 1.80 bits per heavy atom. The quantitative estimate of drug-likeness (QED) is 0.851. The van der Waals surface area contributed by atoms with Crippen LogP contribution in [0.15, 0.2) is 42.5 Å². The van der Waals surface area contributed by atoms with Crippen molar-refractivity contribution in [3.8, 4) is 5.75 Å². The molecule has 3 nitrogen and oxygen atoms in total. The Bertz CT molecular complexity index is 721. The second-order valence-corrected chi connectivity index (χ2v) is 6.86. The number of hydrogen-bond donors (Lipinski definition) is 1. The molecule has 1 aliphatic rings.